The summed E-state index contributed by atoms with van der Waals surface area (Å²) in [5.41, 5.74) is 2.57. The Kier molecular flexibility index (Phi) is 8.22. The average molecular weight is 517 g/mol. The Hall–Kier alpha value is -2.86. The zero-order valence-electron chi connectivity index (χ0n) is 18.2. The summed E-state index contributed by atoms with van der Waals surface area (Å²) in [6.07, 6.45) is 0. The average Bonchev–Trinajstić information content (AvgIpc) is 3.42. The molecule has 0 saturated carbocycles. The van der Waals surface area contributed by atoms with Crippen molar-refractivity contribution in [2.75, 3.05) is 30.5 Å². The first-order valence-electron chi connectivity index (χ1n) is 10.3. The number of thiazole rings is 2. The van der Waals surface area contributed by atoms with Crippen LogP contribution in [0.3, 0.4) is 0 Å². The molecule has 0 aliphatic heterocycles. The van der Waals surface area contributed by atoms with E-state index in [-0.39, 0.29) is 29.1 Å². The van der Waals surface area contributed by atoms with Crippen molar-refractivity contribution in [2.24, 2.45) is 4.99 Å². The van der Waals surface area contributed by atoms with Gasteiger partial charge < -0.3 is 14.6 Å². The maximum atomic E-state index is 13.6. The highest BCUT2D eigenvalue weighted by atomic mass is 32.2. The molecule has 2 amide bonds. The fourth-order valence-corrected chi connectivity index (χ4v) is 5.56. The summed E-state index contributed by atoms with van der Waals surface area (Å²) in [6.45, 7) is 0.921. The molecule has 0 radical (unpaired) electrons. The number of hydrogen-bond donors (Lipinski definition) is 1. The van der Waals surface area contributed by atoms with E-state index in [1.165, 1.54) is 46.6 Å². The molecule has 0 saturated heterocycles. The first-order valence-corrected chi connectivity index (χ1v) is 13.1. The lowest BCUT2D eigenvalue weighted by molar-refractivity contribution is -0.115. The molecule has 0 atom stereocenters. The molecule has 0 unspecified atom stereocenters. The summed E-state index contributed by atoms with van der Waals surface area (Å²) in [4.78, 5) is 33.8. The van der Waals surface area contributed by atoms with Gasteiger partial charge in [0, 0.05) is 24.6 Å². The van der Waals surface area contributed by atoms with Crippen LogP contribution in [0.1, 0.15) is 0 Å². The van der Waals surface area contributed by atoms with E-state index in [1.807, 2.05) is 40.3 Å². The van der Waals surface area contributed by atoms with Crippen molar-refractivity contribution in [2.45, 2.75) is 6.54 Å². The second-order valence-electron chi connectivity index (χ2n) is 7.09. The van der Waals surface area contributed by atoms with Gasteiger partial charge in [0.1, 0.15) is 5.82 Å². The number of nitrogens with zero attached hydrogens (tertiary/aromatic N) is 3. The van der Waals surface area contributed by atoms with Gasteiger partial charge in [-0.1, -0.05) is 41.7 Å². The van der Waals surface area contributed by atoms with E-state index in [1.54, 1.807) is 13.2 Å². The highest BCUT2D eigenvalue weighted by Gasteiger charge is 2.11. The highest BCUT2D eigenvalue weighted by molar-refractivity contribution is 8.00. The number of halogens is 1. The summed E-state index contributed by atoms with van der Waals surface area (Å²) in [6, 6.07) is 14.2. The van der Waals surface area contributed by atoms with Gasteiger partial charge in [0.05, 0.1) is 34.0 Å². The van der Waals surface area contributed by atoms with Crippen LogP contribution in [0.25, 0.3) is 21.5 Å². The second-order valence-corrected chi connectivity index (χ2v) is 9.94. The van der Waals surface area contributed by atoms with E-state index in [0.29, 0.717) is 27.8 Å². The summed E-state index contributed by atoms with van der Waals surface area (Å²) >= 11 is 3.77. The maximum absolute atomic E-state index is 13.6. The number of methoxy groups -OCH3 is 1. The molecule has 0 spiro atoms. The fraction of sp³-hybridized carbons (Fsp3) is 0.217. The Morgan fingerprint density at radius 1 is 1.21 bits per heavy atom. The lowest BCUT2D eigenvalue weighted by Crippen LogP contribution is -2.20. The summed E-state index contributed by atoms with van der Waals surface area (Å²) in [7, 11) is 1.59. The Balaban J connectivity index is 1.35. The number of amides is 2. The molecule has 0 aliphatic carbocycles. The van der Waals surface area contributed by atoms with Crippen molar-refractivity contribution in [3.8, 4) is 11.3 Å². The van der Waals surface area contributed by atoms with Crippen molar-refractivity contribution < 1.29 is 18.7 Å². The molecular weight excluding hydrogens is 495 g/mol. The van der Waals surface area contributed by atoms with E-state index in [4.69, 9.17) is 4.74 Å². The molecule has 4 rings (SSSR count). The van der Waals surface area contributed by atoms with E-state index in [2.05, 4.69) is 15.3 Å². The normalized spacial score (nSPS) is 11.8. The van der Waals surface area contributed by atoms with Crippen LogP contribution in [0.15, 0.2) is 58.9 Å². The van der Waals surface area contributed by atoms with Gasteiger partial charge in [0.2, 0.25) is 5.91 Å². The molecule has 4 aromatic rings. The quantitative estimate of drug-likeness (QED) is 0.356. The number of benzene rings is 2. The minimum Gasteiger partial charge on any atom is -0.383 e. The number of nitrogens with one attached hydrogen (secondary N) is 1. The van der Waals surface area contributed by atoms with Gasteiger partial charge in [-0.25, -0.2) is 9.37 Å². The van der Waals surface area contributed by atoms with Gasteiger partial charge >= 0.3 is 0 Å². The van der Waals surface area contributed by atoms with Crippen LogP contribution in [-0.2, 0) is 20.9 Å². The van der Waals surface area contributed by atoms with Gasteiger partial charge in [-0.3, -0.25) is 9.59 Å². The third-order valence-electron chi connectivity index (χ3n) is 4.66. The molecule has 34 heavy (non-hydrogen) atoms. The predicted octanol–water partition coefficient (Wildman–Crippen LogP) is 4.41. The molecule has 2 aromatic carbocycles. The molecule has 2 aromatic heterocycles. The topological polar surface area (TPSA) is 85.6 Å². The van der Waals surface area contributed by atoms with Crippen LogP contribution < -0.4 is 10.1 Å². The third-order valence-corrected chi connectivity index (χ3v) is 7.38. The molecule has 1 N–H and O–H groups in total. The van der Waals surface area contributed by atoms with Crippen molar-refractivity contribution >= 4 is 61.6 Å². The number of ether oxygens (including phenoxy) is 1. The van der Waals surface area contributed by atoms with Gasteiger partial charge in [0.25, 0.3) is 5.91 Å². The fourth-order valence-electron chi connectivity index (χ4n) is 3.13. The molecule has 176 valence electrons. The standard InChI is InChI=1S/C23H21FN4O3S3/c1-31-10-9-28-18-8-7-16(24)11-19(18)34-23(28)27-21(30)14-32-13-20(29)26-22-25-17(12-33-22)15-5-3-2-4-6-15/h2-8,11-12H,9-10,13-14H2,1H3,(H,25,26,29). The van der Waals surface area contributed by atoms with Crippen molar-refractivity contribution in [1.82, 2.24) is 9.55 Å². The zero-order chi connectivity index (χ0) is 23.9. The van der Waals surface area contributed by atoms with Crippen LogP contribution in [-0.4, -0.2) is 46.6 Å². The Bertz CT molecular complexity index is 1360. The van der Waals surface area contributed by atoms with Gasteiger partial charge in [-0.2, -0.15) is 4.99 Å². The molecule has 11 heteroatoms. The number of carbonyl (C=O) groups is 2. The molecule has 2 heterocycles. The lowest BCUT2D eigenvalue weighted by Gasteiger charge is -2.04. The number of thioether (sulfide) groups is 1. The van der Waals surface area contributed by atoms with Crippen LogP contribution in [0, 0.1) is 5.82 Å². The minimum absolute atomic E-state index is 0.0490. The number of hydrogen-bond acceptors (Lipinski definition) is 7. The van der Waals surface area contributed by atoms with Gasteiger partial charge in [0.15, 0.2) is 9.93 Å². The Morgan fingerprint density at radius 2 is 2.03 bits per heavy atom. The van der Waals surface area contributed by atoms with Crippen LogP contribution in [0.5, 0.6) is 0 Å². The van der Waals surface area contributed by atoms with E-state index < -0.39 is 0 Å². The Labute approximate surface area is 207 Å². The second kappa shape index (κ2) is 11.5. The number of rotatable bonds is 9. The number of carbonyl (C=O) groups excluding carboxylic acids is 2. The van der Waals surface area contributed by atoms with Gasteiger partial charge in [-0.15, -0.1) is 23.1 Å². The van der Waals surface area contributed by atoms with Crippen LogP contribution in [0.2, 0.25) is 0 Å². The minimum atomic E-state index is -0.364. The zero-order valence-corrected chi connectivity index (χ0v) is 20.6. The van der Waals surface area contributed by atoms with Crippen molar-refractivity contribution in [3.05, 3.63) is 64.5 Å². The number of aromatic nitrogens is 2. The molecular formula is C23H21FN4O3S3. The monoisotopic (exact) mass is 516 g/mol. The summed E-state index contributed by atoms with van der Waals surface area (Å²) in [5.74, 6) is -0.796. The summed E-state index contributed by atoms with van der Waals surface area (Å²) < 4.78 is 21.3. The van der Waals surface area contributed by atoms with Crippen LogP contribution in [0.4, 0.5) is 9.52 Å². The highest BCUT2D eigenvalue weighted by Crippen LogP contribution is 2.24. The molecule has 0 fully saturated rings. The molecule has 0 aliphatic rings. The first kappa shape index (κ1) is 24.3. The SMILES string of the molecule is COCCn1c(=NC(=O)CSCC(=O)Nc2nc(-c3ccccc3)cs2)sc2cc(F)ccc21. The number of fused-ring (bicyclic) bond motifs is 1. The maximum Gasteiger partial charge on any atom is 0.258 e. The smallest absolute Gasteiger partial charge is 0.258 e. The largest absolute Gasteiger partial charge is 0.383 e. The Morgan fingerprint density at radius 3 is 2.82 bits per heavy atom. The molecule has 0 bridgehead atoms. The molecule has 7 nitrogen and oxygen atoms in total. The van der Waals surface area contributed by atoms with E-state index >= 15 is 0 Å². The van der Waals surface area contributed by atoms with E-state index in [9.17, 15) is 14.0 Å². The number of anilines is 1. The lowest BCUT2D eigenvalue weighted by atomic mass is 10.2. The first-order chi connectivity index (χ1) is 16.5. The van der Waals surface area contributed by atoms with Gasteiger partial charge in [-0.05, 0) is 18.2 Å². The van der Waals surface area contributed by atoms with Crippen LogP contribution >= 0.6 is 34.4 Å². The van der Waals surface area contributed by atoms with Crippen molar-refractivity contribution in [1.29, 1.82) is 0 Å². The predicted molar refractivity (Wildman–Crippen MR) is 136 cm³/mol. The third kappa shape index (κ3) is 6.17. The van der Waals surface area contributed by atoms with Crippen molar-refractivity contribution in [3.63, 3.8) is 0 Å². The van der Waals surface area contributed by atoms with E-state index in [0.717, 1.165) is 16.8 Å². The summed E-state index contributed by atoms with van der Waals surface area (Å²) in [5, 5.41) is 5.16.